The fourth-order valence-corrected chi connectivity index (χ4v) is 3.76. The highest BCUT2D eigenvalue weighted by atomic mass is 127. The summed E-state index contributed by atoms with van der Waals surface area (Å²) in [6, 6.07) is 2.07. The minimum atomic E-state index is -0.0929. The molecule has 1 aliphatic carbocycles. The molecule has 1 N–H and O–H groups in total. The Kier molecular flexibility index (Phi) is 5.83. The van der Waals surface area contributed by atoms with Gasteiger partial charge in [0.25, 0.3) is 5.91 Å². The molecule has 1 saturated carbocycles. The monoisotopic (exact) mass is 407 g/mol. The largest absolute Gasteiger partial charge is 0.466 e. The number of ether oxygens (including phenoxy) is 1. The Balaban J connectivity index is 1.80. The quantitative estimate of drug-likeness (QED) is 0.616. The van der Waals surface area contributed by atoms with Crippen LogP contribution in [0, 0.1) is 8.80 Å². The number of carbonyl (C=O) groups is 2. The van der Waals surface area contributed by atoms with Gasteiger partial charge in [0.2, 0.25) is 0 Å². The number of hydrogen-bond donors (Lipinski definition) is 1. The molecule has 0 unspecified atom stereocenters. The van der Waals surface area contributed by atoms with Crippen molar-refractivity contribution in [2.24, 2.45) is 5.92 Å². The van der Waals surface area contributed by atoms with Crippen LogP contribution in [0.25, 0.3) is 0 Å². The molecule has 1 aromatic rings. The van der Waals surface area contributed by atoms with Crippen LogP contribution in [0.4, 0.5) is 0 Å². The Hall–Kier alpha value is -0.630. The molecular formula is C14H18INO3S. The summed E-state index contributed by atoms with van der Waals surface area (Å²) in [7, 11) is 0. The van der Waals surface area contributed by atoms with Gasteiger partial charge in [-0.1, -0.05) is 0 Å². The van der Waals surface area contributed by atoms with E-state index in [1.54, 1.807) is 11.3 Å². The highest BCUT2D eigenvalue weighted by Gasteiger charge is 2.28. The third-order valence-electron chi connectivity index (χ3n) is 3.51. The molecule has 2 rings (SSSR count). The first-order valence-corrected chi connectivity index (χ1v) is 8.77. The molecule has 0 aromatic carbocycles. The molecule has 1 fully saturated rings. The van der Waals surface area contributed by atoms with Crippen LogP contribution in [-0.2, 0) is 9.53 Å². The number of esters is 1. The van der Waals surface area contributed by atoms with E-state index in [0.717, 1.165) is 34.1 Å². The molecule has 1 aromatic heterocycles. The Bertz CT molecular complexity index is 481. The van der Waals surface area contributed by atoms with E-state index in [1.165, 1.54) is 0 Å². The first-order valence-electron chi connectivity index (χ1n) is 6.81. The topological polar surface area (TPSA) is 55.4 Å². The number of amides is 1. The zero-order valence-electron chi connectivity index (χ0n) is 11.4. The Morgan fingerprint density at radius 2 is 2.10 bits per heavy atom. The summed E-state index contributed by atoms with van der Waals surface area (Å²) in [4.78, 5) is 23.7. The van der Waals surface area contributed by atoms with Crippen LogP contribution >= 0.6 is 33.9 Å². The zero-order chi connectivity index (χ0) is 14.5. The van der Waals surface area contributed by atoms with E-state index in [9.17, 15) is 9.59 Å². The van der Waals surface area contributed by atoms with E-state index in [0.29, 0.717) is 6.61 Å². The Morgan fingerprint density at radius 3 is 2.65 bits per heavy atom. The van der Waals surface area contributed by atoms with Crippen molar-refractivity contribution in [1.82, 2.24) is 5.32 Å². The number of carbonyl (C=O) groups excluding carboxylic acids is 2. The van der Waals surface area contributed by atoms with Crippen LogP contribution in [0.2, 0.25) is 0 Å². The minimum absolute atomic E-state index is 0.00481. The molecule has 0 radical (unpaired) electrons. The van der Waals surface area contributed by atoms with Crippen LogP contribution in [0.15, 0.2) is 11.4 Å². The lowest BCUT2D eigenvalue weighted by molar-refractivity contribution is -0.149. The van der Waals surface area contributed by atoms with Crippen LogP contribution in [0.1, 0.15) is 43.0 Å². The summed E-state index contributed by atoms with van der Waals surface area (Å²) in [5.41, 5.74) is 0.729. The summed E-state index contributed by atoms with van der Waals surface area (Å²) in [5, 5.41) is 4.93. The van der Waals surface area contributed by atoms with E-state index >= 15 is 0 Å². The van der Waals surface area contributed by atoms with Crippen LogP contribution in [0.3, 0.4) is 0 Å². The van der Waals surface area contributed by atoms with Crippen molar-refractivity contribution in [3.05, 3.63) is 19.9 Å². The lowest BCUT2D eigenvalue weighted by Gasteiger charge is -2.27. The molecule has 0 atom stereocenters. The number of hydrogen-bond acceptors (Lipinski definition) is 4. The van der Waals surface area contributed by atoms with Gasteiger partial charge < -0.3 is 10.1 Å². The lowest BCUT2D eigenvalue weighted by atomic mass is 9.86. The van der Waals surface area contributed by atoms with Gasteiger partial charge >= 0.3 is 5.97 Å². The Morgan fingerprint density at radius 1 is 1.40 bits per heavy atom. The van der Waals surface area contributed by atoms with Crippen molar-refractivity contribution in [2.75, 3.05) is 6.61 Å². The van der Waals surface area contributed by atoms with E-state index in [-0.39, 0.29) is 23.8 Å². The average Bonchev–Trinajstić information content (AvgIpc) is 2.86. The predicted octanol–water partition coefficient (Wildman–Crippen LogP) is 3.20. The normalized spacial score (nSPS) is 22.3. The van der Waals surface area contributed by atoms with Gasteiger partial charge in [-0.15, -0.1) is 11.3 Å². The van der Waals surface area contributed by atoms with Crippen molar-refractivity contribution in [3.8, 4) is 0 Å². The minimum Gasteiger partial charge on any atom is -0.466 e. The molecule has 6 heteroatoms. The van der Waals surface area contributed by atoms with Gasteiger partial charge in [-0.25, -0.2) is 0 Å². The number of halogens is 1. The molecule has 0 aliphatic heterocycles. The van der Waals surface area contributed by atoms with Crippen molar-refractivity contribution in [1.29, 1.82) is 0 Å². The van der Waals surface area contributed by atoms with Crippen molar-refractivity contribution in [2.45, 2.75) is 38.6 Å². The summed E-state index contributed by atoms with van der Waals surface area (Å²) in [6.45, 7) is 2.26. The smallest absolute Gasteiger partial charge is 0.308 e. The molecule has 1 aliphatic rings. The molecule has 110 valence electrons. The predicted molar refractivity (Wildman–Crippen MR) is 86.9 cm³/mol. The molecule has 1 heterocycles. The van der Waals surface area contributed by atoms with E-state index in [4.69, 9.17) is 4.74 Å². The van der Waals surface area contributed by atoms with E-state index in [2.05, 4.69) is 27.9 Å². The molecule has 0 spiro atoms. The molecule has 0 bridgehead atoms. The van der Waals surface area contributed by atoms with Gasteiger partial charge in [-0.2, -0.15) is 0 Å². The van der Waals surface area contributed by atoms with Gasteiger partial charge in [0.15, 0.2) is 0 Å². The van der Waals surface area contributed by atoms with E-state index in [1.807, 2.05) is 18.4 Å². The average molecular weight is 407 g/mol. The fourth-order valence-electron chi connectivity index (χ4n) is 2.43. The zero-order valence-corrected chi connectivity index (χ0v) is 14.3. The first kappa shape index (κ1) is 15.8. The highest BCUT2D eigenvalue weighted by Crippen LogP contribution is 2.26. The van der Waals surface area contributed by atoms with Gasteiger partial charge in [0, 0.05) is 11.4 Å². The Labute approximate surface area is 136 Å². The third kappa shape index (κ3) is 4.18. The summed E-state index contributed by atoms with van der Waals surface area (Å²) >= 11 is 3.78. The molecule has 20 heavy (non-hydrogen) atoms. The van der Waals surface area contributed by atoms with Gasteiger partial charge in [0.05, 0.1) is 21.0 Å². The van der Waals surface area contributed by atoms with Crippen molar-refractivity contribution in [3.63, 3.8) is 0 Å². The van der Waals surface area contributed by atoms with Gasteiger partial charge in [-0.05, 0) is 61.3 Å². The highest BCUT2D eigenvalue weighted by molar-refractivity contribution is 14.1. The van der Waals surface area contributed by atoms with Crippen molar-refractivity contribution < 1.29 is 14.3 Å². The number of rotatable bonds is 4. The SMILES string of the molecule is CCOC(=O)C1CCC(NC(=O)c2csc(I)c2)CC1. The maximum Gasteiger partial charge on any atom is 0.308 e. The second-order valence-corrected chi connectivity index (χ2v) is 7.72. The van der Waals surface area contributed by atoms with Crippen LogP contribution in [0.5, 0.6) is 0 Å². The van der Waals surface area contributed by atoms with Crippen LogP contribution in [-0.4, -0.2) is 24.5 Å². The van der Waals surface area contributed by atoms with Crippen LogP contribution < -0.4 is 5.32 Å². The standard InChI is InChI=1S/C14H18INO3S/c1-2-19-14(18)9-3-5-11(6-4-9)16-13(17)10-7-12(15)20-8-10/h7-9,11H,2-6H2,1H3,(H,16,17). The van der Waals surface area contributed by atoms with Gasteiger partial charge in [0.1, 0.15) is 0 Å². The molecule has 0 saturated heterocycles. The van der Waals surface area contributed by atoms with Crippen molar-refractivity contribution >= 4 is 45.8 Å². The summed E-state index contributed by atoms with van der Waals surface area (Å²) < 4.78 is 6.15. The number of thiophene rings is 1. The summed E-state index contributed by atoms with van der Waals surface area (Å²) in [6.07, 6.45) is 3.28. The second kappa shape index (κ2) is 7.40. The molecule has 4 nitrogen and oxygen atoms in total. The molecule has 1 amide bonds. The fraction of sp³-hybridized carbons (Fsp3) is 0.571. The lowest BCUT2D eigenvalue weighted by Crippen LogP contribution is -2.38. The first-order chi connectivity index (χ1) is 9.60. The van der Waals surface area contributed by atoms with Gasteiger partial charge in [-0.3, -0.25) is 9.59 Å². The maximum absolute atomic E-state index is 12.0. The third-order valence-corrected chi connectivity index (χ3v) is 5.30. The number of nitrogens with one attached hydrogen (secondary N) is 1. The second-order valence-electron chi connectivity index (χ2n) is 4.91. The maximum atomic E-state index is 12.0. The summed E-state index contributed by atoms with van der Waals surface area (Å²) in [5.74, 6) is -0.0985. The molecular weight excluding hydrogens is 389 g/mol. The van der Waals surface area contributed by atoms with E-state index < -0.39 is 0 Å².